The standard InChI is InChI=1S/C21H29N3O2/c1-4-7-21-22-13-17-15-24(11-10-19(17)23-21)14-16-12-18(25-5-2)8-9-20(16)26-6-3/h8-9,12-13H,4-7,10-11,14-15H2,1-3H3. The van der Waals surface area contributed by atoms with Gasteiger partial charge in [0.25, 0.3) is 0 Å². The molecular formula is C21H29N3O2. The second kappa shape index (κ2) is 8.99. The first-order valence-corrected chi connectivity index (χ1v) is 9.68. The fraction of sp³-hybridized carbons (Fsp3) is 0.524. The van der Waals surface area contributed by atoms with E-state index in [1.807, 2.05) is 32.2 Å². The maximum atomic E-state index is 5.82. The van der Waals surface area contributed by atoms with Crippen LogP contribution < -0.4 is 9.47 Å². The molecule has 1 aromatic heterocycles. The zero-order chi connectivity index (χ0) is 18.4. The molecule has 1 aromatic carbocycles. The third-order valence-electron chi connectivity index (χ3n) is 4.57. The number of hydrogen-bond acceptors (Lipinski definition) is 5. The second-order valence-electron chi connectivity index (χ2n) is 6.60. The maximum Gasteiger partial charge on any atom is 0.128 e. The molecule has 0 saturated heterocycles. The minimum atomic E-state index is 0.665. The quantitative estimate of drug-likeness (QED) is 0.721. The first-order chi connectivity index (χ1) is 12.7. The van der Waals surface area contributed by atoms with Crippen molar-refractivity contribution in [1.29, 1.82) is 0 Å². The first kappa shape index (κ1) is 18.6. The zero-order valence-corrected chi connectivity index (χ0v) is 16.1. The highest BCUT2D eigenvalue weighted by atomic mass is 16.5. The molecule has 140 valence electrons. The van der Waals surface area contributed by atoms with Gasteiger partial charge < -0.3 is 9.47 Å². The van der Waals surface area contributed by atoms with Crippen LogP contribution in [0.5, 0.6) is 11.5 Å². The Hall–Kier alpha value is -2.14. The Morgan fingerprint density at radius 1 is 1.12 bits per heavy atom. The van der Waals surface area contributed by atoms with E-state index in [-0.39, 0.29) is 0 Å². The average Bonchev–Trinajstić information content (AvgIpc) is 2.64. The first-order valence-electron chi connectivity index (χ1n) is 9.68. The molecule has 0 unspecified atom stereocenters. The van der Waals surface area contributed by atoms with Crippen LogP contribution in [-0.2, 0) is 25.9 Å². The van der Waals surface area contributed by atoms with Crippen molar-refractivity contribution in [2.24, 2.45) is 0 Å². The number of benzene rings is 1. The number of ether oxygens (including phenoxy) is 2. The van der Waals surface area contributed by atoms with E-state index in [4.69, 9.17) is 14.5 Å². The molecule has 0 aliphatic carbocycles. The van der Waals surface area contributed by atoms with E-state index >= 15 is 0 Å². The van der Waals surface area contributed by atoms with Crippen molar-refractivity contribution in [1.82, 2.24) is 14.9 Å². The van der Waals surface area contributed by atoms with Crippen LogP contribution in [0.25, 0.3) is 0 Å². The summed E-state index contributed by atoms with van der Waals surface area (Å²) < 4.78 is 11.5. The van der Waals surface area contributed by atoms with Crippen molar-refractivity contribution in [2.45, 2.75) is 53.1 Å². The van der Waals surface area contributed by atoms with E-state index in [1.54, 1.807) is 0 Å². The molecule has 0 spiro atoms. The highest BCUT2D eigenvalue weighted by Crippen LogP contribution is 2.28. The molecule has 0 N–H and O–H groups in total. The monoisotopic (exact) mass is 355 g/mol. The van der Waals surface area contributed by atoms with E-state index in [2.05, 4.69) is 22.9 Å². The number of fused-ring (bicyclic) bond motifs is 1. The molecule has 2 aromatic rings. The minimum Gasteiger partial charge on any atom is -0.494 e. The number of rotatable bonds is 8. The van der Waals surface area contributed by atoms with E-state index < -0.39 is 0 Å². The van der Waals surface area contributed by atoms with Crippen LogP contribution >= 0.6 is 0 Å². The fourth-order valence-corrected chi connectivity index (χ4v) is 3.37. The van der Waals surface area contributed by atoms with Gasteiger partial charge in [-0.25, -0.2) is 9.97 Å². The summed E-state index contributed by atoms with van der Waals surface area (Å²) in [5.41, 5.74) is 3.63. The Kier molecular flexibility index (Phi) is 6.45. The Morgan fingerprint density at radius 2 is 1.96 bits per heavy atom. The van der Waals surface area contributed by atoms with E-state index in [1.165, 1.54) is 16.8 Å². The molecule has 0 fully saturated rings. The molecule has 1 aliphatic rings. The molecule has 0 amide bonds. The van der Waals surface area contributed by atoms with Crippen molar-refractivity contribution in [3.05, 3.63) is 47.0 Å². The van der Waals surface area contributed by atoms with Gasteiger partial charge in [-0.1, -0.05) is 6.92 Å². The third-order valence-corrected chi connectivity index (χ3v) is 4.57. The number of aromatic nitrogens is 2. The van der Waals surface area contributed by atoms with Crippen LogP contribution in [0.3, 0.4) is 0 Å². The fourth-order valence-electron chi connectivity index (χ4n) is 3.37. The summed E-state index contributed by atoms with van der Waals surface area (Å²) in [7, 11) is 0. The second-order valence-corrected chi connectivity index (χ2v) is 6.60. The lowest BCUT2D eigenvalue weighted by atomic mass is 10.1. The topological polar surface area (TPSA) is 47.5 Å². The van der Waals surface area contributed by atoms with Gasteiger partial charge in [-0.15, -0.1) is 0 Å². The molecular weight excluding hydrogens is 326 g/mol. The molecule has 5 nitrogen and oxygen atoms in total. The van der Waals surface area contributed by atoms with Gasteiger partial charge in [-0.05, 0) is 38.5 Å². The van der Waals surface area contributed by atoms with Gasteiger partial charge in [0.2, 0.25) is 0 Å². The van der Waals surface area contributed by atoms with Crippen LogP contribution in [-0.4, -0.2) is 34.6 Å². The predicted octanol–water partition coefficient (Wildman–Crippen LogP) is 3.78. The van der Waals surface area contributed by atoms with Crippen LogP contribution in [0.4, 0.5) is 0 Å². The highest BCUT2D eigenvalue weighted by molar-refractivity contribution is 5.40. The van der Waals surface area contributed by atoms with Gasteiger partial charge in [0.05, 0.1) is 13.2 Å². The summed E-state index contributed by atoms with van der Waals surface area (Å²) in [4.78, 5) is 11.7. The lowest BCUT2D eigenvalue weighted by molar-refractivity contribution is 0.235. The maximum absolute atomic E-state index is 5.82. The van der Waals surface area contributed by atoms with Crippen LogP contribution in [0.2, 0.25) is 0 Å². The normalized spacial score (nSPS) is 14.1. The summed E-state index contributed by atoms with van der Waals surface area (Å²) in [6.45, 7) is 10.2. The lowest BCUT2D eigenvalue weighted by Crippen LogP contribution is -2.31. The molecule has 2 heterocycles. The van der Waals surface area contributed by atoms with Crippen molar-refractivity contribution in [3.63, 3.8) is 0 Å². The van der Waals surface area contributed by atoms with E-state index in [0.29, 0.717) is 13.2 Å². The van der Waals surface area contributed by atoms with Crippen molar-refractivity contribution in [3.8, 4) is 11.5 Å². The van der Waals surface area contributed by atoms with Crippen molar-refractivity contribution < 1.29 is 9.47 Å². The molecule has 3 rings (SSSR count). The summed E-state index contributed by atoms with van der Waals surface area (Å²) in [6, 6.07) is 6.10. The van der Waals surface area contributed by atoms with Crippen molar-refractivity contribution in [2.75, 3.05) is 19.8 Å². The lowest BCUT2D eigenvalue weighted by Gasteiger charge is -2.28. The Labute approximate surface area is 156 Å². The summed E-state index contributed by atoms with van der Waals surface area (Å²) in [6.07, 6.45) is 5.03. The highest BCUT2D eigenvalue weighted by Gasteiger charge is 2.20. The van der Waals surface area contributed by atoms with Gasteiger partial charge in [0.1, 0.15) is 17.3 Å². The molecule has 26 heavy (non-hydrogen) atoms. The summed E-state index contributed by atoms with van der Waals surface area (Å²) >= 11 is 0. The molecule has 1 aliphatic heterocycles. The molecule has 5 heteroatoms. The zero-order valence-electron chi connectivity index (χ0n) is 16.1. The van der Waals surface area contributed by atoms with Gasteiger partial charge in [0.15, 0.2) is 0 Å². The summed E-state index contributed by atoms with van der Waals surface area (Å²) in [5, 5.41) is 0. The average molecular weight is 355 g/mol. The van der Waals surface area contributed by atoms with E-state index in [9.17, 15) is 0 Å². The van der Waals surface area contributed by atoms with Gasteiger partial charge >= 0.3 is 0 Å². The molecule has 0 radical (unpaired) electrons. The number of aryl methyl sites for hydroxylation is 1. The van der Waals surface area contributed by atoms with E-state index in [0.717, 1.165) is 56.2 Å². The Morgan fingerprint density at radius 3 is 2.73 bits per heavy atom. The third kappa shape index (κ3) is 4.52. The smallest absolute Gasteiger partial charge is 0.128 e. The SMILES string of the molecule is CCCc1ncc2c(n1)CCN(Cc1cc(OCC)ccc1OCC)C2. The number of hydrogen-bond donors (Lipinski definition) is 0. The molecule has 0 saturated carbocycles. The van der Waals surface area contributed by atoms with Gasteiger partial charge in [0, 0.05) is 55.5 Å². The summed E-state index contributed by atoms with van der Waals surface area (Å²) in [5.74, 6) is 2.81. The minimum absolute atomic E-state index is 0.665. The largest absolute Gasteiger partial charge is 0.494 e. The molecule has 0 atom stereocenters. The van der Waals surface area contributed by atoms with Gasteiger partial charge in [-0.2, -0.15) is 0 Å². The predicted molar refractivity (Wildman–Crippen MR) is 103 cm³/mol. The number of nitrogens with zero attached hydrogens (tertiary/aromatic N) is 3. The van der Waals surface area contributed by atoms with Crippen LogP contribution in [0, 0.1) is 0 Å². The van der Waals surface area contributed by atoms with Crippen LogP contribution in [0.15, 0.2) is 24.4 Å². The Bertz CT molecular complexity index is 733. The Balaban J connectivity index is 1.74. The van der Waals surface area contributed by atoms with Crippen molar-refractivity contribution >= 4 is 0 Å². The molecule has 0 bridgehead atoms. The van der Waals surface area contributed by atoms with Gasteiger partial charge in [-0.3, -0.25) is 4.90 Å². The van der Waals surface area contributed by atoms with Crippen LogP contribution in [0.1, 0.15) is 49.8 Å².